The molecule has 20 heavy (non-hydrogen) atoms. The van der Waals surface area contributed by atoms with E-state index >= 15 is 0 Å². The molecule has 1 aromatic carbocycles. The Bertz CT molecular complexity index is 728. The number of cyclic esters (lactones) is 1. The average Bonchev–Trinajstić information content (AvgIpc) is 2.37. The van der Waals surface area contributed by atoms with Gasteiger partial charge in [-0.05, 0) is 0 Å². The van der Waals surface area contributed by atoms with Gasteiger partial charge in [-0.1, -0.05) is 30.3 Å². The van der Waals surface area contributed by atoms with Gasteiger partial charge in [-0.3, -0.25) is 0 Å². The molecule has 0 atom stereocenters. The van der Waals surface area contributed by atoms with Crippen LogP contribution in [-0.2, 0) is 4.74 Å². The maximum atomic E-state index is 11.9. The minimum atomic E-state index is -1.11. The molecule has 1 aliphatic rings. The molecule has 0 radical (unpaired) electrons. The molecule has 0 spiro atoms. The van der Waals surface area contributed by atoms with Gasteiger partial charge in [0.25, 0.3) is 0 Å². The summed E-state index contributed by atoms with van der Waals surface area (Å²) < 4.78 is 15.7. The van der Waals surface area contributed by atoms with E-state index in [0.29, 0.717) is 5.76 Å². The highest BCUT2D eigenvalue weighted by molar-refractivity contribution is 5.93. The van der Waals surface area contributed by atoms with Crippen LogP contribution in [0.15, 0.2) is 45.6 Å². The van der Waals surface area contributed by atoms with Crippen molar-refractivity contribution < 1.29 is 18.7 Å². The van der Waals surface area contributed by atoms with Crippen molar-refractivity contribution in [2.75, 3.05) is 0 Å². The van der Waals surface area contributed by atoms with Gasteiger partial charge in [-0.15, -0.1) is 0 Å². The summed E-state index contributed by atoms with van der Waals surface area (Å²) in [6.45, 7) is 3.20. The Balaban J connectivity index is 2.18. The topological polar surface area (TPSA) is 65.7 Å². The second-order valence-electron chi connectivity index (χ2n) is 4.89. The van der Waals surface area contributed by atoms with Crippen LogP contribution in [0.3, 0.4) is 0 Å². The highest BCUT2D eigenvalue weighted by atomic mass is 16.7. The van der Waals surface area contributed by atoms with Crippen LogP contribution in [-0.4, -0.2) is 11.8 Å². The molecular formula is C15H12O5. The van der Waals surface area contributed by atoms with Crippen LogP contribution in [0.25, 0.3) is 11.3 Å². The number of fused-ring (bicyclic) bond motifs is 1. The van der Waals surface area contributed by atoms with Crippen molar-refractivity contribution in [3.63, 3.8) is 0 Å². The van der Waals surface area contributed by atoms with Crippen molar-refractivity contribution in [3.05, 3.63) is 52.4 Å². The van der Waals surface area contributed by atoms with Gasteiger partial charge in [0, 0.05) is 25.5 Å². The van der Waals surface area contributed by atoms with E-state index < -0.39 is 17.4 Å². The van der Waals surface area contributed by atoms with Crippen molar-refractivity contribution in [1.29, 1.82) is 0 Å². The largest absolute Gasteiger partial charge is 0.451 e. The molecule has 2 aromatic rings. The van der Waals surface area contributed by atoms with E-state index in [-0.39, 0.29) is 11.3 Å². The first-order valence-electron chi connectivity index (χ1n) is 6.12. The zero-order valence-corrected chi connectivity index (χ0v) is 11.0. The SMILES string of the molecule is CC1(C)OC(=O)c2c(cc(-c3ccccc3)oc2=O)O1. The van der Waals surface area contributed by atoms with Gasteiger partial charge in [0.1, 0.15) is 11.5 Å². The zero-order valence-electron chi connectivity index (χ0n) is 11.0. The van der Waals surface area contributed by atoms with Gasteiger partial charge < -0.3 is 13.9 Å². The molecule has 0 unspecified atom stereocenters. The Labute approximate surface area is 114 Å². The molecule has 0 aliphatic carbocycles. The quantitative estimate of drug-likeness (QED) is 0.746. The van der Waals surface area contributed by atoms with Crippen LogP contribution in [0.5, 0.6) is 5.75 Å². The van der Waals surface area contributed by atoms with Crippen LogP contribution in [0.1, 0.15) is 24.2 Å². The molecule has 2 heterocycles. The number of esters is 1. The summed E-state index contributed by atoms with van der Waals surface area (Å²) in [5, 5.41) is 0. The minimum Gasteiger partial charge on any atom is -0.451 e. The fourth-order valence-electron chi connectivity index (χ4n) is 2.04. The standard InChI is InChI=1S/C15H12O5/c1-15(2)19-11-8-10(9-6-4-3-5-7-9)18-13(16)12(11)14(17)20-15/h3-8H,1-2H3. The van der Waals surface area contributed by atoms with Crippen molar-refractivity contribution in [2.24, 2.45) is 0 Å². The minimum absolute atomic E-state index is 0.182. The lowest BCUT2D eigenvalue weighted by molar-refractivity contribution is -0.128. The van der Waals surface area contributed by atoms with Crippen LogP contribution in [0.4, 0.5) is 0 Å². The van der Waals surface area contributed by atoms with Crippen LogP contribution in [0, 0.1) is 0 Å². The molecule has 0 N–H and O–H groups in total. The predicted octanol–water partition coefficient (Wildman–Crippen LogP) is 2.59. The molecule has 0 bridgehead atoms. The van der Waals surface area contributed by atoms with Crippen molar-refractivity contribution >= 4 is 5.97 Å². The van der Waals surface area contributed by atoms with Gasteiger partial charge in [0.05, 0.1) is 0 Å². The summed E-state index contributed by atoms with van der Waals surface area (Å²) >= 11 is 0. The van der Waals surface area contributed by atoms with Gasteiger partial charge in [-0.2, -0.15) is 0 Å². The van der Waals surface area contributed by atoms with E-state index in [0.717, 1.165) is 5.56 Å². The summed E-state index contributed by atoms with van der Waals surface area (Å²) in [7, 11) is 0. The molecular weight excluding hydrogens is 260 g/mol. The number of rotatable bonds is 1. The van der Waals surface area contributed by atoms with Crippen LogP contribution in [0.2, 0.25) is 0 Å². The van der Waals surface area contributed by atoms with Crippen molar-refractivity contribution in [3.8, 4) is 17.1 Å². The van der Waals surface area contributed by atoms with E-state index in [1.165, 1.54) is 6.07 Å². The van der Waals surface area contributed by atoms with Crippen LogP contribution < -0.4 is 10.4 Å². The predicted molar refractivity (Wildman–Crippen MR) is 70.5 cm³/mol. The molecule has 0 saturated carbocycles. The van der Waals surface area contributed by atoms with Gasteiger partial charge >= 0.3 is 11.6 Å². The Hall–Kier alpha value is -2.56. The molecule has 5 nitrogen and oxygen atoms in total. The first kappa shape index (κ1) is 12.5. The summed E-state index contributed by atoms with van der Waals surface area (Å²) in [5.74, 6) is -1.31. The number of ether oxygens (including phenoxy) is 2. The summed E-state index contributed by atoms with van der Waals surface area (Å²) in [6, 6.07) is 10.7. The van der Waals surface area contributed by atoms with E-state index in [9.17, 15) is 9.59 Å². The Morgan fingerprint density at radius 3 is 2.40 bits per heavy atom. The second kappa shape index (κ2) is 4.23. The smallest absolute Gasteiger partial charge is 0.354 e. The maximum Gasteiger partial charge on any atom is 0.354 e. The van der Waals surface area contributed by atoms with E-state index in [1.54, 1.807) is 26.0 Å². The highest BCUT2D eigenvalue weighted by Crippen LogP contribution is 2.32. The third-order valence-corrected chi connectivity index (χ3v) is 2.87. The number of carbonyl (C=O) groups is 1. The second-order valence-corrected chi connectivity index (χ2v) is 4.89. The molecule has 0 saturated heterocycles. The molecule has 5 heteroatoms. The summed E-state index contributed by atoms with van der Waals surface area (Å²) in [6.07, 6.45) is 0. The normalized spacial score (nSPS) is 16.0. The molecule has 3 rings (SSSR count). The van der Waals surface area contributed by atoms with Gasteiger partial charge in [-0.25, -0.2) is 9.59 Å². The zero-order chi connectivity index (χ0) is 14.3. The van der Waals surface area contributed by atoms with Crippen molar-refractivity contribution in [2.45, 2.75) is 19.6 Å². The molecule has 1 aliphatic heterocycles. The Morgan fingerprint density at radius 1 is 1.00 bits per heavy atom. The lowest BCUT2D eigenvalue weighted by Crippen LogP contribution is -2.41. The fraction of sp³-hybridized carbons (Fsp3) is 0.200. The Kier molecular flexibility index (Phi) is 2.64. The number of benzene rings is 1. The fourth-order valence-corrected chi connectivity index (χ4v) is 2.04. The van der Waals surface area contributed by atoms with Crippen LogP contribution >= 0.6 is 0 Å². The molecule has 0 amide bonds. The Morgan fingerprint density at radius 2 is 1.70 bits per heavy atom. The lowest BCUT2D eigenvalue weighted by atomic mass is 10.1. The van der Waals surface area contributed by atoms with E-state index in [4.69, 9.17) is 13.9 Å². The first-order chi connectivity index (χ1) is 9.46. The first-order valence-corrected chi connectivity index (χ1v) is 6.12. The summed E-state index contributed by atoms with van der Waals surface area (Å²) in [5.41, 5.74) is -0.237. The molecule has 0 fully saturated rings. The third-order valence-electron chi connectivity index (χ3n) is 2.87. The van der Waals surface area contributed by atoms with E-state index in [2.05, 4.69) is 0 Å². The van der Waals surface area contributed by atoms with Gasteiger partial charge in [0.15, 0.2) is 5.56 Å². The number of hydrogen-bond acceptors (Lipinski definition) is 5. The molecule has 102 valence electrons. The van der Waals surface area contributed by atoms with Gasteiger partial charge in [0.2, 0.25) is 5.79 Å². The summed E-state index contributed by atoms with van der Waals surface area (Å²) in [4.78, 5) is 23.7. The lowest BCUT2D eigenvalue weighted by Gasteiger charge is -2.30. The monoisotopic (exact) mass is 272 g/mol. The highest BCUT2D eigenvalue weighted by Gasteiger charge is 2.37. The number of carbonyl (C=O) groups excluding carboxylic acids is 1. The maximum absolute atomic E-state index is 11.9. The molecule has 1 aromatic heterocycles. The average molecular weight is 272 g/mol. The third kappa shape index (κ3) is 2.07. The van der Waals surface area contributed by atoms with E-state index in [1.807, 2.05) is 18.2 Å². The van der Waals surface area contributed by atoms with Crippen molar-refractivity contribution in [1.82, 2.24) is 0 Å². The number of hydrogen-bond donors (Lipinski definition) is 0.